The van der Waals surface area contributed by atoms with E-state index in [2.05, 4.69) is 15.5 Å². The van der Waals surface area contributed by atoms with Gasteiger partial charge >= 0.3 is 6.18 Å². The van der Waals surface area contributed by atoms with Crippen LogP contribution >= 0.6 is 0 Å². The Kier molecular flexibility index (Phi) is 3.63. The number of carbonyl (C=O) groups excluding carboxylic acids is 1. The number of amides is 1. The number of alkyl halides is 3. The average molecular weight is 314 g/mol. The normalized spacial score (nSPS) is 18.0. The summed E-state index contributed by atoms with van der Waals surface area (Å²) in [5, 5.41) is 10.4. The fourth-order valence-corrected chi connectivity index (χ4v) is 2.44. The molecule has 22 heavy (non-hydrogen) atoms. The number of fused-ring (bicyclic) bond motifs is 1. The van der Waals surface area contributed by atoms with E-state index in [1.54, 1.807) is 0 Å². The van der Waals surface area contributed by atoms with E-state index in [1.807, 2.05) is 0 Å². The molecular weight excluding hydrogens is 301 g/mol. The molecule has 3 heterocycles. The van der Waals surface area contributed by atoms with Crippen molar-refractivity contribution in [3.8, 4) is 0 Å². The van der Waals surface area contributed by atoms with Gasteiger partial charge < -0.3 is 14.3 Å². The number of aryl methyl sites for hydroxylation is 1. The molecule has 118 valence electrons. The molecule has 0 bridgehead atoms. The van der Waals surface area contributed by atoms with Crippen molar-refractivity contribution in [3.63, 3.8) is 0 Å². The van der Waals surface area contributed by atoms with Gasteiger partial charge in [-0.15, -0.1) is 10.2 Å². The maximum absolute atomic E-state index is 12.8. The van der Waals surface area contributed by atoms with E-state index in [0.717, 1.165) is 0 Å². The Morgan fingerprint density at radius 2 is 2.27 bits per heavy atom. The molecule has 1 aliphatic heterocycles. The van der Waals surface area contributed by atoms with Gasteiger partial charge in [0.2, 0.25) is 0 Å². The van der Waals surface area contributed by atoms with E-state index < -0.39 is 12.1 Å². The largest absolute Gasteiger partial charge is 0.472 e. The highest BCUT2D eigenvalue weighted by molar-refractivity contribution is 5.93. The minimum atomic E-state index is -4.24. The second-order valence-electron chi connectivity index (χ2n) is 5.11. The summed E-state index contributed by atoms with van der Waals surface area (Å²) >= 11 is 0. The Labute approximate surface area is 123 Å². The lowest BCUT2D eigenvalue weighted by molar-refractivity contribution is -0.182. The Bertz CT molecular complexity index is 663. The minimum Gasteiger partial charge on any atom is -0.472 e. The van der Waals surface area contributed by atoms with Crippen molar-refractivity contribution in [2.45, 2.75) is 32.1 Å². The van der Waals surface area contributed by atoms with Crippen LogP contribution < -0.4 is 5.32 Å². The maximum Gasteiger partial charge on any atom is 0.393 e. The first-order valence-corrected chi connectivity index (χ1v) is 6.73. The van der Waals surface area contributed by atoms with Crippen molar-refractivity contribution in [1.82, 2.24) is 20.1 Å². The molecule has 0 fully saturated rings. The molecule has 0 aliphatic carbocycles. The van der Waals surface area contributed by atoms with Crippen LogP contribution in [-0.2, 0) is 19.5 Å². The molecule has 2 aromatic rings. The van der Waals surface area contributed by atoms with Crippen LogP contribution in [0.1, 0.15) is 28.4 Å². The average Bonchev–Trinajstić information content (AvgIpc) is 3.13. The molecule has 9 heteroatoms. The highest BCUT2D eigenvalue weighted by Gasteiger charge is 2.42. The van der Waals surface area contributed by atoms with Crippen LogP contribution in [0, 0.1) is 5.92 Å². The van der Waals surface area contributed by atoms with Crippen LogP contribution in [0.25, 0.3) is 0 Å². The zero-order chi connectivity index (χ0) is 15.7. The van der Waals surface area contributed by atoms with Gasteiger partial charge in [-0.2, -0.15) is 13.2 Å². The second-order valence-corrected chi connectivity index (χ2v) is 5.11. The van der Waals surface area contributed by atoms with E-state index in [4.69, 9.17) is 4.42 Å². The van der Waals surface area contributed by atoms with Crippen LogP contribution in [-0.4, -0.2) is 26.8 Å². The Morgan fingerprint density at radius 1 is 1.45 bits per heavy atom. The number of furan rings is 1. The molecule has 0 saturated carbocycles. The smallest absolute Gasteiger partial charge is 0.393 e. The quantitative estimate of drug-likeness (QED) is 0.939. The fourth-order valence-electron chi connectivity index (χ4n) is 2.44. The molecule has 0 radical (unpaired) electrons. The third-order valence-corrected chi connectivity index (χ3v) is 3.68. The number of carbonyl (C=O) groups is 1. The standard InChI is InChI=1S/C13H13F3N4O2/c14-13(15,16)9-1-2-10-18-19-11(20(10)6-9)5-17-12(21)8-3-4-22-7-8/h3-4,7,9H,1-2,5-6H2,(H,17,21)/t9-/m0/s1. The predicted octanol–water partition coefficient (Wildman–Crippen LogP) is 1.93. The number of hydrogen-bond acceptors (Lipinski definition) is 4. The third-order valence-electron chi connectivity index (χ3n) is 3.68. The van der Waals surface area contributed by atoms with Gasteiger partial charge in [-0.3, -0.25) is 4.79 Å². The van der Waals surface area contributed by atoms with Crippen molar-refractivity contribution in [2.24, 2.45) is 5.92 Å². The molecule has 1 aliphatic rings. The number of aromatic nitrogens is 3. The summed E-state index contributed by atoms with van der Waals surface area (Å²) in [6.07, 6.45) is -1.34. The molecule has 0 aromatic carbocycles. The van der Waals surface area contributed by atoms with Crippen molar-refractivity contribution in [1.29, 1.82) is 0 Å². The van der Waals surface area contributed by atoms with Crippen molar-refractivity contribution >= 4 is 5.91 Å². The van der Waals surface area contributed by atoms with Crippen LogP contribution in [0.2, 0.25) is 0 Å². The van der Waals surface area contributed by atoms with Gasteiger partial charge in [-0.25, -0.2) is 0 Å². The van der Waals surface area contributed by atoms with Crippen LogP contribution in [0.5, 0.6) is 0 Å². The number of nitrogens with zero attached hydrogens (tertiary/aromatic N) is 3. The summed E-state index contributed by atoms with van der Waals surface area (Å²) in [6.45, 7) is -0.190. The first-order valence-electron chi connectivity index (χ1n) is 6.73. The zero-order valence-corrected chi connectivity index (χ0v) is 11.4. The predicted molar refractivity (Wildman–Crippen MR) is 67.8 cm³/mol. The van der Waals surface area contributed by atoms with E-state index in [-0.39, 0.29) is 31.8 Å². The number of hydrogen-bond donors (Lipinski definition) is 1. The minimum absolute atomic E-state index is 0.0155. The van der Waals surface area contributed by atoms with Gasteiger partial charge in [0.25, 0.3) is 5.91 Å². The van der Waals surface area contributed by atoms with E-state index >= 15 is 0 Å². The van der Waals surface area contributed by atoms with Crippen molar-refractivity contribution < 1.29 is 22.4 Å². The summed E-state index contributed by atoms with van der Waals surface area (Å²) in [5.74, 6) is -0.942. The van der Waals surface area contributed by atoms with Crippen molar-refractivity contribution in [3.05, 3.63) is 35.8 Å². The summed E-state index contributed by atoms with van der Waals surface area (Å²) in [6, 6.07) is 1.49. The summed E-state index contributed by atoms with van der Waals surface area (Å²) < 4.78 is 44.8. The van der Waals surface area contributed by atoms with Gasteiger partial charge in [0.15, 0.2) is 5.82 Å². The lowest BCUT2D eigenvalue weighted by Crippen LogP contribution is -2.33. The molecule has 0 unspecified atom stereocenters. The van der Waals surface area contributed by atoms with E-state index in [1.165, 1.54) is 23.2 Å². The summed E-state index contributed by atoms with van der Waals surface area (Å²) in [4.78, 5) is 11.8. The topological polar surface area (TPSA) is 73.0 Å². The lowest BCUT2D eigenvalue weighted by atomic mass is 9.99. The SMILES string of the molecule is O=C(NCc1nnc2n1C[C@@H](C(F)(F)F)CC2)c1ccoc1. The molecule has 2 aromatic heterocycles. The third kappa shape index (κ3) is 2.83. The summed E-state index contributed by atoms with van der Waals surface area (Å²) in [7, 11) is 0. The summed E-state index contributed by atoms with van der Waals surface area (Å²) in [5.41, 5.74) is 0.339. The van der Waals surface area contributed by atoms with Crippen LogP contribution in [0.4, 0.5) is 13.2 Å². The molecular formula is C13H13F3N4O2. The van der Waals surface area contributed by atoms with E-state index in [0.29, 0.717) is 17.2 Å². The van der Waals surface area contributed by atoms with Gasteiger partial charge in [0, 0.05) is 13.0 Å². The molecule has 1 N–H and O–H groups in total. The zero-order valence-electron chi connectivity index (χ0n) is 11.4. The van der Waals surface area contributed by atoms with Crippen LogP contribution in [0.15, 0.2) is 23.0 Å². The molecule has 1 amide bonds. The van der Waals surface area contributed by atoms with Gasteiger partial charge in [0.05, 0.1) is 24.3 Å². The second kappa shape index (κ2) is 5.47. The monoisotopic (exact) mass is 314 g/mol. The Hall–Kier alpha value is -2.32. The lowest BCUT2D eigenvalue weighted by Gasteiger charge is -2.26. The van der Waals surface area contributed by atoms with Gasteiger partial charge in [-0.1, -0.05) is 0 Å². The van der Waals surface area contributed by atoms with Crippen molar-refractivity contribution in [2.75, 3.05) is 0 Å². The highest BCUT2D eigenvalue weighted by Crippen LogP contribution is 2.34. The maximum atomic E-state index is 12.8. The Balaban J connectivity index is 1.69. The van der Waals surface area contributed by atoms with Gasteiger partial charge in [0.1, 0.15) is 12.1 Å². The molecule has 0 spiro atoms. The highest BCUT2D eigenvalue weighted by atomic mass is 19.4. The first-order chi connectivity index (χ1) is 10.4. The molecule has 3 rings (SSSR count). The number of rotatable bonds is 3. The van der Waals surface area contributed by atoms with Crippen LogP contribution in [0.3, 0.4) is 0 Å². The molecule has 0 saturated heterocycles. The van der Waals surface area contributed by atoms with Gasteiger partial charge in [-0.05, 0) is 12.5 Å². The van der Waals surface area contributed by atoms with E-state index in [9.17, 15) is 18.0 Å². The number of halogens is 3. The first kappa shape index (κ1) is 14.6. The fraction of sp³-hybridized carbons (Fsp3) is 0.462. The molecule has 6 nitrogen and oxygen atoms in total. The Morgan fingerprint density at radius 3 is 2.95 bits per heavy atom. The molecule has 1 atom stereocenters. The number of nitrogens with one attached hydrogen (secondary N) is 1.